The molecule has 0 amide bonds. The lowest BCUT2D eigenvalue weighted by molar-refractivity contribution is 0.175. The fourth-order valence-corrected chi connectivity index (χ4v) is 3.82. The maximum Gasteiger partial charge on any atom is 0.212 e. The molecule has 1 aromatic heterocycles. The molecular formula is C18H30N2O. The molecule has 0 spiro atoms. The topological polar surface area (TPSA) is 34.1 Å². The van der Waals surface area contributed by atoms with E-state index in [-0.39, 0.29) is 0 Å². The molecule has 3 nitrogen and oxygen atoms in total. The highest BCUT2D eigenvalue weighted by molar-refractivity contribution is 5.19. The first kappa shape index (κ1) is 16.3. The normalized spacial score (nSPS) is 23.8. The summed E-state index contributed by atoms with van der Waals surface area (Å²) in [6.45, 7) is 5.60. The van der Waals surface area contributed by atoms with E-state index in [2.05, 4.69) is 30.2 Å². The van der Waals surface area contributed by atoms with Gasteiger partial charge in [-0.25, -0.2) is 4.98 Å². The number of hydrogen-bond donors (Lipinski definition) is 1. The number of rotatable bonds is 7. The van der Waals surface area contributed by atoms with Crippen LogP contribution in [0.15, 0.2) is 18.3 Å². The van der Waals surface area contributed by atoms with E-state index >= 15 is 0 Å². The van der Waals surface area contributed by atoms with Gasteiger partial charge in [0.25, 0.3) is 0 Å². The minimum atomic E-state index is 0.579. The van der Waals surface area contributed by atoms with Crippen molar-refractivity contribution in [1.29, 1.82) is 0 Å². The van der Waals surface area contributed by atoms with Gasteiger partial charge >= 0.3 is 0 Å². The van der Waals surface area contributed by atoms with Gasteiger partial charge in [0, 0.05) is 18.3 Å². The van der Waals surface area contributed by atoms with Crippen LogP contribution in [-0.4, -0.2) is 24.7 Å². The van der Waals surface area contributed by atoms with E-state index in [4.69, 9.17) is 4.74 Å². The van der Waals surface area contributed by atoms with E-state index in [1.807, 2.05) is 12.3 Å². The highest BCUT2D eigenvalue weighted by Crippen LogP contribution is 2.35. The molecule has 3 unspecified atom stereocenters. The molecular weight excluding hydrogens is 260 g/mol. The van der Waals surface area contributed by atoms with Crippen molar-refractivity contribution in [3.63, 3.8) is 0 Å². The molecule has 1 aliphatic rings. The Labute approximate surface area is 129 Å². The van der Waals surface area contributed by atoms with Gasteiger partial charge in [-0.3, -0.25) is 0 Å². The molecule has 3 atom stereocenters. The van der Waals surface area contributed by atoms with Gasteiger partial charge in [0.2, 0.25) is 5.88 Å². The fourth-order valence-electron chi connectivity index (χ4n) is 3.82. The highest BCUT2D eigenvalue weighted by Gasteiger charge is 2.30. The summed E-state index contributed by atoms with van der Waals surface area (Å²) in [5.74, 6) is 2.39. The average molecular weight is 290 g/mol. The van der Waals surface area contributed by atoms with Crippen molar-refractivity contribution in [2.75, 3.05) is 13.7 Å². The largest absolute Gasteiger partial charge is 0.481 e. The van der Waals surface area contributed by atoms with E-state index in [1.54, 1.807) is 7.11 Å². The number of nitrogens with one attached hydrogen (secondary N) is 1. The van der Waals surface area contributed by atoms with Crippen LogP contribution in [0.3, 0.4) is 0 Å². The SMILES string of the molecule is CCNC(Cc1ccc(OC)nc1)C1CCCCC1CC. The summed E-state index contributed by atoms with van der Waals surface area (Å²) in [4.78, 5) is 4.34. The minimum Gasteiger partial charge on any atom is -0.481 e. The van der Waals surface area contributed by atoms with Crippen LogP contribution in [0.5, 0.6) is 5.88 Å². The number of nitrogens with zero attached hydrogens (tertiary/aromatic N) is 1. The Bertz CT molecular complexity index is 404. The predicted molar refractivity (Wildman–Crippen MR) is 87.7 cm³/mol. The maximum atomic E-state index is 5.15. The maximum absolute atomic E-state index is 5.15. The molecule has 0 saturated heterocycles. The first-order chi connectivity index (χ1) is 10.3. The van der Waals surface area contributed by atoms with E-state index in [0.29, 0.717) is 11.9 Å². The Balaban J connectivity index is 2.06. The monoisotopic (exact) mass is 290 g/mol. The van der Waals surface area contributed by atoms with Crippen LogP contribution in [-0.2, 0) is 6.42 Å². The molecule has 1 aliphatic carbocycles. The van der Waals surface area contributed by atoms with Crippen molar-refractivity contribution < 1.29 is 4.74 Å². The van der Waals surface area contributed by atoms with Crippen LogP contribution in [0.1, 0.15) is 51.5 Å². The molecule has 0 aliphatic heterocycles. The molecule has 0 bridgehead atoms. The molecule has 2 rings (SSSR count). The zero-order valence-corrected chi connectivity index (χ0v) is 13.8. The summed E-state index contributed by atoms with van der Waals surface area (Å²) in [6, 6.07) is 4.70. The average Bonchev–Trinajstić information content (AvgIpc) is 2.55. The van der Waals surface area contributed by atoms with Gasteiger partial charge in [0.05, 0.1) is 7.11 Å². The smallest absolute Gasteiger partial charge is 0.212 e. The van der Waals surface area contributed by atoms with Gasteiger partial charge in [-0.05, 0) is 36.8 Å². The van der Waals surface area contributed by atoms with E-state index < -0.39 is 0 Å². The Morgan fingerprint density at radius 1 is 1.29 bits per heavy atom. The molecule has 21 heavy (non-hydrogen) atoms. The first-order valence-electron chi connectivity index (χ1n) is 8.50. The van der Waals surface area contributed by atoms with Crippen LogP contribution < -0.4 is 10.1 Å². The van der Waals surface area contributed by atoms with Gasteiger partial charge in [-0.2, -0.15) is 0 Å². The van der Waals surface area contributed by atoms with Crippen LogP contribution in [0.2, 0.25) is 0 Å². The molecule has 0 radical (unpaired) electrons. The lowest BCUT2D eigenvalue weighted by Gasteiger charge is -2.37. The Hall–Kier alpha value is -1.09. The first-order valence-corrected chi connectivity index (χ1v) is 8.50. The van der Waals surface area contributed by atoms with Gasteiger partial charge in [-0.1, -0.05) is 45.6 Å². The molecule has 1 aromatic rings. The Morgan fingerprint density at radius 2 is 2.10 bits per heavy atom. The fraction of sp³-hybridized carbons (Fsp3) is 0.722. The van der Waals surface area contributed by atoms with Gasteiger partial charge in [-0.15, -0.1) is 0 Å². The van der Waals surface area contributed by atoms with Crippen LogP contribution >= 0.6 is 0 Å². The van der Waals surface area contributed by atoms with Gasteiger partial charge < -0.3 is 10.1 Å². The quantitative estimate of drug-likeness (QED) is 0.828. The number of ether oxygens (including phenoxy) is 1. The third-order valence-electron chi connectivity index (χ3n) is 4.94. The van der Waals surface area contributed by atoms with Crippen molar-refractivity contribution >= 4 is 0 Å². The Kier molecular flexibility index (Phi) is 6.50. The predicted octanol–water partition coefficient (Wildman–Crippen LogP) is 3.83. The molecule has 1 fully saturated rings. The van der Waals surface area contributed by atoms with Gasteiger partial charge in [0.1, 0.15) is 0 Å². The van der Waals surface area contributed by atoms with Crippen molar-refractivity contribution in [3.8, 4) is 5.88 Å². The summed E-state index contributed by atoms with van der Waals surface area (Å²) < 4.78 is 5.15. The summed E-state index contributed by atoms with van der Waals surface area (Å²) in [5, 5.41) is 3.73. The minimum absolute atomic E-state index is 0.579. The number of aromatic nitrogens is 1. The standard InChI is InChI=1S/C18H30N2O/c1-4-15-8-6-7-9-16(15)17(19-5-2)12-14-10-11-18(21-3)20-13-14/h10-11,13,15-17,19H,4-9,12H2,1-3H3. The third-order valence-corrected chi connectivity index (χ3v) is 4.94. The highest BCUT2D eigenvalue weighted by atomic mass is 16.5. The molecule has 0 aromatic carbocycles. The lowest BCUT2D eigenvalue weighted by atomic mass is 9.73. The van der Waals surface area contributed by atoms with Crippen molar-refractivity contribution in [2.24, 2.45) is 11.8 Å². The molecule has 1 N–H and O–H groups in total. The number of likely N-dealkylation sites (N-methyl/N-ethyl adjacent to an activating group) is 1. The second-order valence-electron chi connectivity index (χ2n) is 6.19. The van der Waals surface area contributed by atoms with Gasteiger partial charge in [0.15, 0.2) is 0 Å². The molecule has 1 heterocycles. The summed E-state index contributed by atoms with van der Waals surface area (Å²) in [6.07, 6.45) is 9.94. The molecule has 1 saturated carbocycles. The third kappa shape index (κ3) is 4.44. The van der Waals surface area contributed by atoms with E-state index in [9.17, 15) is 0 Å². The number of pyridine rings is 1. The zero-order valence-electron chi connectivity index (χ0n) is 13.8. The van der Waals surface area contributed by atoms with Crippen molar-refractivity contribution in [2.45, 2.75) is 58.4 Å². The molecule has 118 valence electrons. The number of methoxy groups -OCH3 is 1. The second-order valence-corrected chi connectivity index (χ2v) is 6.19. The van der Waals surface area contributed by atoms with Crippen molar-refractivity contribution in [3.05, 3.63) is 23.9 Å². The lowest BCUT2D eigenvalue weighted by Crippen LogP contribution is -2.42. The van der Waals surface area contributed by atoms with E-state index in [1.165, 1.54) is 37.7 Å². The van der Waals surface area contributed by atoms with E-state index in [0.717, 1.165) is 24.8 Å². The Morgan fingerprint density at radius 3 is 2.71 bits per heavy atom. The molecule has 3 heteroatoms. The van der Waals surface area contributed by atoms with Crippen LogP contribution in [0.25, 0.3) is 0 Å². The van der Waals surface area contributed by atoms with Crippen molar-refractivity contribution in [1.82, 2.24) is 10.3 Å². The summed E-state index contributed by atoms with van der Waals surface area (Å²) in [5.41, 5.74) is 1.31. The summed E-state index contributed by atoms with van der Waals surface area (Å²) in [7, 11) is 1.66. The van der Waals surface area contributed by atoms with Crippen LogP contribution in [0, 0.1) is 11.8 Å². The summed E-state index contributed by atoms with van der Waals surface area (Å²) >= 11 is 0. The zero-order chi connectivity index (χ0) is 15.1. The second kappa shape index (κ2) is 8.38. The number of hydrogen-bond acceptors (Lipinski definition) is 3. The van der Waals surface area contributed by atoms with Crippen LogP contribution in [0.4, 0.5) is 0 Å².